The zero-order chi connectivity index (χ0) is 17.5. The molecule has 0 radical (unpaired) electrons. The Morgan fingerprint density at radius 3 is 2.29 bits per heavy atom. The Balaban J connectivity index is 2.12. The van der Waals surface area contributed by atoms with E-state index >= 15 is 0 Å². The Morgan fingerprint density at radius 1 is 1.08 bits per heavy atom. The van der Waals surface area contributed by atoms with Gasteiger partial charge in [0.2, 0.25) is 5.95 Å². The summed E-state index contributed by atoms with van der Waals surface area (Å²) in [5, 5.41) is 3.21. The van der Waals surface area contributed by atoms with E-state index in [4.69, 9.17) is 0 Å². The molecule has 5 nitrogen and oxygen atoms in total. The van der Waals surface area contributed by atoms with E-state index < -0.39 is 0 Å². The fraction of sp³-hybridized carbons (Fsp3) is 0.421. The predicted octanol–water partition coefficient (Wildman–Crippen LogP) is 4.10. The van der Waals surface area contributed by atoms with Gasteiger partial charge in [-0.25, -0.2) is 9.97 Å². The lowest BCUT2D eigenvalue weighted by Crippen LogP contribution is -2.32. The third kappa shape index (κ3) is 4.31. The van der Waals surface area contributed by atoms with Crippen LogP contribution in [0.4, 0.5) is 11.6 Å². The lowest BCUT2D eigenvalue weighted by molar-refractivity contribution is 0.0754. The maximum Gasteiger partial charge on any atom is 0.256 e. The van der Waals surface area contributed by atoms with Gasteiger partial charge in [0.15, 0.2) is 0 Å². The zero-order valence-corrected chi connectivity index (χ0v) is 15.0. The van der Waals surface area contributed by atoms with Crippen molar-refractivity contribution in [3.8, 4) is 0 Å². The average Bonchev–Trinajstić information content (AvgIpc) is 2.59. The van der Waals surface area contributed by atoms with Gasteiger partial charge < -0.3 is 10.2 Å². The number of anilines is 2. The van der Waals surface area contributed by atoms with Gasteiger partial charge >= 0.3 is 0 Å². The Kier molecular flexibility index (Phi) is 6.29. The number of hydrogen-bond donors (Lipinski definition) is 1. The molecule has 1 aromatic heterocycles. The van der Waals surface area contributed by atoms with Gasteiger partial charge in [-0.3, -0.25) is 4.79 Å². The Morgan fingerprint density at radius 2 is 1.71 bits per heavy atom. The van der Waals surface area contributed by atoms with Crippen LogP contribution in [0.3, 0.4) is 0 Å². The third-order valence-electron chi connectivity index (χ3n) is 4.02. The molecule has 0 spiro atoms. The van der Waals surface area contributed by atoms with Gasteiger partial charge in [0.05, 0.1) is 5.56 Å². The molecule has 2 aromatic rings. The highest BCUT2D eigenvalue weighted by molar-refractivity contribution is 5.93. The average molecular weight is 326 g/mol. The van der Waals surface area contributed by atoms with E-state index in [1.165, 1.54) is 11.1 Å². The smallest absolute Gasteiger partial charge is 0.256 e. The van der Waals surface area contributed by atoms with Crippen molar-refractivity contribution in [1.29, 1.82) is 0 Å². The van der Waals surface area contributed by atoms with Crippen molar-refractivity contribution in [2.24, 2.45) is 0 Å². The van der Waals surface area contributed by atoms with E-state index in [0.717, 1.165) is 31.6 Å². The molecule has 0 aliphatic rings. The molecule has 24 heavy (non-hydrogen) atoms. The quantitative estimate of drug-likeness (QED) is 0.832. The van der Waals surface area contributed by atoms with E-state index in [1.807, 2.05) is 17.0 Å². The largest absolute Gasteiger partial charge is 0.339 e. The Labute approximate surface area is 144 Å². The SMILES string of the molecule is CCCN(CCC)C(=O)c1cnc(Nc2cccc(C)c2C)nc1. The number of hydrogen-bond acceptors (Lipinski definition) is 4. The standard InChI is InChI=1S/C19H26N4O/c1-5-10-23(11-6-2)18(24)16-12-20-19(21-13-16)22-17-9-7-8-14(3)15(17)4/h7-9,12-13H,5-6,10-11H2,1-4H3,(H,20,21,22). The van der Waals surface area contributed by atoms with Crippen molar-refractivity contribution < 1.29 is 4.79 Å². The van der Waals surface area contributed by atoms with Crippen LogP contribution in [0.2, 0.25) is 0 Å². The van der Waals surface area contributed by atoms with Crippen LogP contribution in [0, 0.1) is 13.8 Å². The van der Waals surface area contributed by atoms with Crippen molar-refractivity contribution in [2.45, 2.75) is 40.5 Å². The summed E-state index contributed by atoms with van der Waals surface area (Å²) in [6.07, 6.45) is 5.08. The predicted molar refractivity (Wildman–Crippen MR) is 97.7 cm³/mol. The molecule has 0 saturated heterocycles. The molecular formula is C19H26N4O. The van der Waals surface area contributed by atoms with Crippen LogP contribution in [-0.2, 0) is 0 Å². The van der Waals surface area contributed by atoms with E-state index in [9.17, 15) is 4.79 Å². The number of nitrogens with one attached hydrogen (secondary N) is 1. The molecule has 0 fully saturated rings. The molecule has 0 unspecified atom stereocenters. The molecule has 1 aromatic carbocycles. The summed E-state index contributed by atoms with van der Waals surface area (Å²) in [6.45, 7) is 9.79. The number of amides is 1. The molecule has 1 N–H and O–H groups in total. The van der Waals surface area contributed by atoms with Gasteiger partial charge in [0.25, 0.3) is 5.91 Å². The normalized spacial score (nSPS) is 10.5. The fourth-order valence-corrected chi connectivity index (χ4v) is 2.55. The first-order chi connectivity index (χ1) is 11.6. The van der Waals surface area contributed by atoms with E-state index in [2.05, 4.69) is 49.0 Å². The van der Waals surface area contributed by atoms with E-state index in [-0.39, 0.29) is 5.91 Å². The van der Waals surface area contributed by atoms with Crippen molar-refractivity contribution in [2.75, 3.05) is 18.4 Å². The van der Waals surface area contributed by atoms with Crippen LogP contribution in [0.1, 0.15) is 48.2 Å². The van der Waals surface area contributed by atoms with Crippen molar-refractivity contribution in [3.05, 3.63) is 47.3 Å². The molecule has 128 valence electrons. The van der Waals surface area contributed by atoms with Gasteiger partial charge in [-0.2, -0.15) is 0 Å². The van der Waals surface area contributed by atoms with Gasteiger partial charge in [-0.05, 0) is 43.9 Å². The van der Waals surface area contributed by atoms with Gasteiger partial charge in [-0.15, -0.1) is 0 Å². The highest BCUT2D eigenvalue weighted by Crippen LogP contribution is 2.20. The molecule has 0 aliphatic carbocycles. The summed E-state index contributed by atoms with van der Waals surface area (Å²) >= 11 is 0. The van der Waals surface area contributed by atoms with Crippen LogP contribution in [0.25, 0.3) is 0 Å². The van der Waals surface area contributed by atoms with E-state index in [1.54, 1.807) is 12.4 Å². The number of rotatable bonds is 7. The highest BCUT2D eigenvalue weighted by atomic mass is 16.2. The van der Waals surface area contributed by atoms with Crippen LogP contribution < -0.4 is 5.32 Å². The number of nitrogens with zero attached hydrogens (tertiary/aromatic N) is 3. The zero-order valence-electron chi connectivity index (χ0n) is 15.0. The van der Waals surface area contributed by atoms with Crippen molar-refractivity contribution >= 4 is 17.5 Å². The lowest BCUT2D eigenvalue weighted by atomic mass is 10.1. The minimum absolute atomic E-state index is 0.00279. The summed E-state index contributed by atoms with van der Waals surface area (Å²) in [5.41, 5.74) is 3.89. The maximum atomic E-state index is 12.5. The molecule has 0 aliphatic heterocycles. The molecule has 1 amide bonds. The molecule has 0 atom stereocenters. The van der Waals surface area contributed by atoms with Crippen LogP contribution in [-0.4, -0.2) is 33.9 Å². The van der Waals surface area contributed by atoms with Crippen LogP contribution >= 0.6 is 0 Å². The van der Waals surface area contributed by atoms with Crippen molar-refractivity contribution in [3.63, 3.8) is 0 Å². The van der Waals surface area contributed by atoms with Crippen LogP contribution in [0.15, 0.2) is 30.6 Å². The van der Waals surface area contributed by atoms with Crippen molar-refractivity contribution in [1.82, 2.24) is 14.9 Å². The number of aryl methyl sites for hydroxylation is 1. The first-order valence-corrected chi connectivity index (χ1v) is 8.51. The van der Waals surface area contributed by atoms with Gasteiger partial charge in [0.1, 0.15) is 0 Å². The minimum Gasteiger partial charge on any atom is -0.339 e. The number of aromatic nitrogens is 2. The summed E-state index contributed by atoms with van der Waals surface area (Å²) in [4.78, 5) is 23.0. The Hall–Kier alpha value is -2.43. The second-order valence-corrected chi connectivity index (χ2v) is 5.96. The summed E-state index contributed by atoms with van der Waals surface area (Å²) in [7, 11) is 0. The second-order valence-electron chi connectivity index (χ2n) is 5.96. The number of carbonyl (C=O) groups excluding carboxylic acids is 1. The number of carbonyl (C=O) groups is 1. The van der Waals surface area contributed by atoms with E-state index in [0.29, 0.717) is 11.5 Å². The third-order valence-corrected chi connectivity index (χ3v) is 4.02. The molecular weight excluding hydrogens is 300 g/mol. The molecule has 5 heteroatoms. The minimum atomic E-state index is -0.00279. The molecule has 0 bridgehead atoms. The van der Waals surface area contributed by atoms with Crippen LogP contribution in [0.5, 0.6) is 0 Å². The monoisotopic (exact) mass is 326 g/mol. The number of benzene rings is 1. The maximum absolute atomic E-state index is 12.5. The highest BCUT2D eigenvalue weighted by Gasteiger charge is 2.15. The molecule has 0 saturated carbocycles. The summed E-state index contributed by atoms with van der Waals surface area (Å²) in [6, 6.07) is 6.06. The summed E-state index contributed by atoms with van der Waals surface area (Å²) < 4.78 is 0. The topological polar surface area (TPSA) is 58.1 Å². The first-order valence-electron chi connectivity index (χ1n) is 8.51. The Bertz CT molecular complexity index is 676. The first kappa shape index (κ1) is 17.9. The van der Waals surface area contributed by atoms with Gasteiger partial charge in [-0.1, -0.05) is 26.0 Å². The fourth-order valence-electron chi connectivity index (χ4n) is 2.55. The van der Waals surface area contributed by atoms with Gasteiger partial charge in [0, 0.05) is 31.2 Å². The lowest BCUT2D eigenvalue weighted by Gasteiger charge is -2.21. The molecule has 2 rings (SSSR count). The molecule has 1 heterocycles. The second kappa shape index (κ2) is 8.43. The summed E-state index contributed by atoms with van der Waals surface area (Å²) in [5.74, 6) is 0.495.